The van der Waals surface area contributed by atoms with Crippen molar-refractivity contribution in [3.63, 3.8) is 0 Å². The van der Waals surface area contributed by atoms with E-state index in [-0.39, 0.29) is 11.7 Å². The second kappa shape index (κ2) is 9.45. The molecule has 4 nitrogen and oxygen atoms in total. The Morgan fingerprint density at radius 3 is 2.59 bits per heavy atom. The lowest BCUT2D eigenvalue weighted by Crippen LogP contribution is -2.16. The van der Waals surface area contributed by atoms with Crippen LogP contribution in [0.25, 0.3) is 5.69 Å². The van der Waals surface area contributed by atoms with Crippen LogP contribution in [0.3, 0.4) is 0 Å². The summed E-state index contributed by atoms with van der Waals surface area (Å²) in [5.74, 6) is -1.38. The molecule has 1 aromatic heterocycles. The van der Waals surface area contributed by atoms with Gasteiger partial charge in [0, 0.05) is 22.6 Å². The molecule has 0 amide bonds. The zero-order valence-electron chi connectivity index (χ0n) is 19.3. The van der Waals surface area contributed by atoms with E-state index in [0.29, 0.717) is 29.2 Å². The Bertz CT molecular complexity index is 1220. The van der Waals surface area contributed by atoms with E-state index in [1.54, 1.807) is 18.2 Å². The molecule has 1 aliphatic heterocycles. The minimum absolute atomic E-state index is 0.187. The molecule has 1 unspecified atom stereocenters. The summed E-state index contributed by atoms with van der Waals surface area (Å²) in [6, 6.07) is 11.3. The maximum atomic E-state index is 14.0. The van der Waals surface area contributed by atoms with Gasteiger partial charge in [0.15, 0.2) is 0 Å². The minimum Gasteiger partial charge on any atom is -0.402 e. The molecule has 3 aromatic rings. The molecule has 0 spiro atoms. The smallest absolute Gasteiger partial charge is 0.402 e. The molecule has 34 heavy (non-hydrogen) atoms. The van der Waals surface area contributed by atoms with Crippen molar-refractivity contribution in [3.8, 4) is 5.69 Å². The van der Waals surface area contributed by atoms with Gasteiger partial charge in [-0.2, -0.15) is 13.2 Å². The number of allylic oxidation sites excluding steroid dienone is 1. The molecule has 4 rings (SSSR count). The summed E-state index contributed by atoms with van der Waals surface area (Å²) in [5.41, 5.74) is 11.1. The van der Waals surface area contributed by atoms with E-state index >= 15 is 0 Å². The topological polar surface area (TPSA) is 56.7 Å². The Labute approximate surface area is 202 Å². The monoisotopic (exact) mass is 488 g/mol. The molecule has 0 radical (unpaired) electrons. The second-order valence-electron chi connectivity index (χ2n) is 8.85. The van der Waals surface area contributed by atoms with Gasteiger partial charge >= 0.3 is 6.18 Å². The quantitative estimate of drug-likeness (QED) is 0.409. The third-order valence-electron chi connectivity index (χ3n) is 6.50. The number of alkyl halides is 3. The highest BCUT2D eigenvalue weighted by molar-refractivity contribution is 6.30. The Kier molecular flexibility index (Phi) is 6.76. The molecule has 180 valence electrons. The molecular weight excluding hydrogens is 461 g/mol. The Hall–Kier alpha value is -2.80. The summed E-state index contributed by atoms with van der Waals surface area (Å²) in [6.45, 7) is 8.07. The third-order valence-corrected chi connectivity index (χ3v) is 6.73. The SMILES string of the molecule is C=C(N)C[C@H]1CC(c2cccc(CCC)c2CC)c2cc(Cl)ccc2-n2c1nnc2C(F)(F)F. The van der Waals surface area contributed by atoms with Gasteiger partial charge in [0.05, 0.1) is 5.69 Å². The van der Waals surface area contributed by atoms with Crippen LogP contribution in [0.5, 0.6) is 0 Å². The van der Waals surface area contributed by atoms with E-state index in [1.807, 2.05) is 6.07 Å². The van der Waals surface area contributed by atoms with Crippen LogP contribution < -0.4 is 5.73 Å². The van der Waals surface area contributed by atoms with Crippen LogP contribution >= 0.6 is 11.6 Å². The normalized spacial score (nSPS) is 17.7. The van der Waals surface area contributed by atoms with Crippen molar-refractivity contribution in [2.75, 3.05) is 0 Å². The first-order valence-electron chi connectivity index (χ1n) is 11.5. The molecule has 0 saturated heterocycles. The standard InChI is InChI=1S/C26H28ClF3N4/c1-4-7-16-8-6-9-20(19(16)5-2)21-13-17(12-15(3)31)24-32-33-25(26(28,29)30)34(24)23-11-10-18(27)14-22(21)23/h6,8-11,14,17,21H,3-5,7,12-13,31H2,1-2H3/t17-,21?/m0/s1. The summed E-state index contributed by atoms with van der Waals surface area (Å²) in [5, 5.41) is 8.03. The zero-order valence-corrected chi connectivity index (χ0v) is 20.0. The summed E-state index contributed by atoms with van der Waals surface area (Å²) in [6.07, 6.45) is -1.06. The molecule has 2 aromatic carbocycles. The maximum absolute atomic E-state index is 14.0. The van der Waals surface area contributed by atoms with Gasteiger partial charge in [-0.15, -0.1) is 10.2 Å². The molecular formula is C26H28ClF3N4. The first-order chi connectivity index (χ1) is 16.2. The van der Waals surface area contributed by atoms with E-state index in [0.717, 1.165) is 35.0 Å². The lowest BCUT2D eigenvalue weighted by atomic mass is 9.79. The Morgan fingerprint density at radius 1 is 1.18 bits per heavy atom. The summed E-state index contributed by atoms with van der Waals surface area (Å²) in [4.78, 5) is 0. The first-order valence-corrected chi connectivity index (χ1v) is 11.9. The van der Waals surface area contributed by atoms with Crippen molar-refractivity contribution in [3.05, 3.63) is 87.6 Å². The van der Waals surface area contributed by atoms with Gasteiger partial charge in [-0.3, -0.25) is 4.57 Å². The predicted octanol–water partition coefficient (Wildman–Crippen LogP) is 6.94. The van der Waals surface area contributed by atoms with Crippen LogP contribution in [-0.4, -0.2) is 14.8 Å². The number of rotatable bonds is 6. The minimum atomic E-state index is -4.66. The van der Waals surface area contributed by atoms with Crippen molar-refractivity contribution in [1.29, 1.82) is 0 Å². The molecule has 1 aliphatic rings. The van der Waals surface area contributed by atoms with E-state index in [2.05, 4.69) is 42.8 Å². The van der Waals surface area contributed by atoms with E-state index in [4.69, 9.17) is 17.3 Å². The summed E-state index contributed by atoms with van der Waals surface area (Å²) < 4.78 is 43.1. The number of hydrogen-bond acceptors (Lipinski definition) is 3. The van der Waals surface area contributed by atoms with E-state index in [9.17, 15) is 13.2 Å². The fourth-order valence-corrected chi connectivity index (χ4v) is 5.39. The van der Waals surface area contributed by atoms with Gasteiger partial charge in [-0.05, 0) is 66.1 Å². The fraction of sp³-hybridized carbons (Fsp3) is 0.385. The zero-order chi connectivity index (χ0) is 24.6. The molecule has 2 heterocycles. The predicted molar refractivity (Wildman–Crippen MR) is 128 cm³/mol. The summed E-state index contributed by atoms with van der Waals surface area (Å²) >= 11 is 6.39. The van der Waals surface area contributed by atoms with Gasteiger partial charge in [-0.25, -0.2) is 0 Å². The van der Waals surface area contributed by atoms with Gasteiger partial charge in [0.25, 0.3) is 0 Å². The average molecular weight is 489 g/mol. The van der Waals surface area contributed by atoms with E-state index in [1.165, 1.54) is 11.1 Å². The van der Waals surface area contributed by atoms with Gasteiger partial charge < -0.3 is 5.73 Å². The highest BCUT2D eigenvalue weighted by atomic mass is 35.5. The van der Waals surface area contributed by atoms with Crippen LogP contribution in [0.2, 0.25) is 5.02 Å². The van der Waals surface area contributed by atoms with Gasteiger partial charge in [-0.1, -0.05) is 56.6 Å². The van der Waals surface area contributed by atoms with Crippen LogP contribution in [0.15, 0.2) is 48.7 Å². The Balaban J connectivity index is 2.02. The Morgan fingerprint density at radius 2 is 1.94 bits per heavy atom. The molecule has 8 heteroatoms. The molecule has 0 saturated carbocycles. The van der Waals surface area contributed by atoms with Gasteiger partial charge in [0.1, 0.15) is 5.82 Å². The fourth-order valence-electron chi connectivity index (χ4n) is 5.21. The average Bonchev–Trinajstić information content (AvgIpc) is 3.17. The number of nitrogens with zero attached hydrogens (tertiary/aromatic N) is 3. The molecule has 0 bridgehead atoms. The van der Waals surface area contributed by atoms with E-state index < -0.39 is 17.9 Å². The van der Waals surface area contributed by atoms with Crippen molar-refractivity contribution < 1.29 is 13.2 Å². The number of halogens is 4. The number of aromatic nitrogens is 3. The highest BCUT2D eigenvalue weighted by Crippen LogP contribution is 2.46. The number of fused-ring (bicyclic) bond motifs is 3. The van der Waals surface area contributed by atoms with Crippen LogP contribution in [-0.2, 0) is 19.0 Å². The number of hydrogen-bond donors (Lipinski definition) is 1. The largest absolute Gasteiger partial charge is 0.452 e. The lowest BCUT2D eigenvalue weighted by Gasteiger charge is -2.25. The molecule has 0 aliphatic carbocycles. The van der Waals surface area contributed by atoms with Crippen molar-refractivity contribution >= 4 is 11.6 Å². The lowest BCUT2D eigenvalue weighted by molar-refractivity contribution is -0.146. The molecule has 2 N–H and O–H groups in total. The van der Waals surface area contributed by atoms with Crippen LogP contribution in [0.4, 0.5) is 13.2 Å². The van der Waals surface area contributed by atoms with Gasteiger partial charge in [0.2, 0.25) is 5.82 Å². The van der Waals surface area contributed by atoms with Crippen molar-refractivity contribution in [1.82, 2.24) is 14.8 Å². The number of benzene rings is 2. The van der Waals surface area contributed by atoms with Crippen molar-refractivity contribution in [2.24, 2.45) is 5.73 Å². The van der Waals surface area contributed by atoms with Crippen LogP contribution in [0.1, 0.15) is 78.8 Å². The van der Waals surface area contributed by atoms with Crippen LogP contribution in [0, 0.1) is 0 Å². The maximum Gasteiger partial charge on any atom is 0.452 e. The summed E-state index contributed by atoms with van der Waals surface area (Å²) in [7, 11) is 0. The highest BCUT2D eigenvalue weighted by Gasteiger charge is 2.42. The molecule has 2 atom stereocenters. The third kappa shape index (κ3) is 4.45. The van der Waals surface area contributed by atoms with Crippen molar-refractivity contribution in [2.45, 2.75) is 64.0 Å². The molecule has 0 fully saturated rings. The second-order valence-corrected chi connectivity index (χ2v) is 9.29. The number of nitrogens with two attached hydrogens (primary N) is 1. The first kappa shape index (κ1) is 24.3. The number of aryl methyl sites for hydroxylation is 1.